The Morgan fingerprint density at radius 1 is 1.43 bits per heavy atom. The highest BCUT2D eigenvalue weighted by Gasteiger charge is 2.23. The van der Waals surface area contributed by atoms with E-state index in [0.717, 1.165) is 11.8 Å². The molecule has 0 aliphatic rings. The molecule has 3 N–H and O–H groups in total. The maximum Gasteiger partial charge on any atom is 0.329 e. The van der Waals surface area contributed by atoms with Gasteiger partial charge in [0.05, 0.1) is 6.61 Å². The van der Waals surface area contributed by atoms with Crippen LogP contribution >= 0.6 is 11.8 Å². The standard InChI is InChI=1S/C11H20N2O7S/c1-4-19-11(16)9(12-8(3)14)6-21-10(15)5-7(2)20-13(17)18/h7,9,13,17H,4-6H2,1-3H3,(H,12,14). The molecular formula is C11H20N2O7S. The Kier molecular flexibility index (Phi) is 9.91. The van der Waals surface area contributed by atoms with Gasteiger partial charge in [-0.1, -0.05) is 17.2 Å². The second-order valence-electron chi connectivity index (χ2n) is 4.09. The van der Waals surface area contributed by atoms with Gasteiger partial charge in [0, 0.05) is 19.1 Å². The van der Waals surface area contributed by atoms with Crippen molar-refractivity contribution in [1.29, 1.82) is 0 Å². The quantitative estimate of drug-likeness (QED) is 0.356. The molecule has 10 heteroatoms. The average molecular weight is 324 g/mol. The summed E-state index contributed by atoms with van der Waals surface area (Å²) in [7, 11) is 0. The van der Waals surface area contributed by atoms with Crippen LogP contribution in [0, 0.1) is 5.21 Å². The molecule has 0 saturated carbocycles. The van der Waals surface area contributed by atoms with E-state index in [2.05, 4.69) is 10.2 Å². The largest absolute Gasteiger partial charge is 0.566 e. The third-order valence-electron chi connectivity index (χ3n) is 2.12. The molecule has 0 radical (unpaired) electrons. The van der Waals surface area contributed by atoms with Crippen LogP contribution in [0.15, 0.2) is 0 Å². The van der Waals surface area contributed by atoms with E-state index in [4.69, 9.17) is 9.94 Å². The van der Waals surface area contributed by atoms with Gasteiger partial charge in [-0.25, -0.2) is 4.79 Å². The van der Waals surface area contributed by atoms with Gasteiger partial charge < -0.3 is 15.3 Å². The zero-order chi connectivity index (χ0) is 16.4. The molecule has 0 heterocycles. The van der Waals surface area contributed by atoms with Gasteiger partial charge in [0.1, 0.15) is 12.1 Å². The van der Waals surface area contributed by atoms with E-state index in [9.17, 15) is 19.6 Å². The fourth-order valence-electron chi connectivity index (χ4n) is 1.34. The minimum absolute atomic E-state index is 0.0110. The van der Waals surface area contributed by atoms with Gasteiger partial charge in [-0.2, -0.15) is 10.0 Å². The second-order valence-corrected chi connectivity index (χ2v) is 5.16. The van der Waals surface area contributed by atoms with Crippen molar-refractivity contribution in [3.05, 3.63) is 5.21 Å². The minimum Gasteiger partial charge on any atom is -0.566 e. The highest BCUT2D eigenvalue weighted by Crippen LogP contribution is 2.11. The normalized spacial score (nSPS) is 14.9. The second kappa shape index (κ2) is 10.5. The van der Waals surface area contributed by atoms with Crippen molar-refractivity contribution in [3.63, 3.8) is 0 Å². The topological polar surface area (TPSA) is 129 Å². The van der Waals surface area contributed by atoms with Crippen molar-refractivity contribution in [2.45, 2.75) is 39.3 Å². The molecule has 0 aliphatic heterocycles. The molecule has 0 bridgehead atoms. The van der Waals surface area contributed by atoms with E-state index >= 15 is 0 Å². The summed E-state index contributed by atoms with van der Waals surface area (Å²) < 4.78 is 4.79. The Morgan fingerprint density at radius 2 is 2.05 bits per heavy atom. The summed E-state index contributed by atoms with van der Waals surface area (Å²) in [4.78, 5) is 38.6. The fraction of sp³-hybridized carbons (Fsp3) is 0.727. The molecule has 3 atom stereocenters. The number of carbonyl (C=O) groups is 3. The summed E-state index contributed by atoms with van der Waals surface area (Å²) in [6, 6.07) is -0.924. The Bertz CT molecular complexity index is 364. The Hall–Kier alpha value is -1.20. The summed E-state index contributed by atoms with van der Waals surface area (Å²) in [5, 5.41) is 19.3. The summed E-state index contributed by atoms with van der Waals surface area (Å²) in [6.07, 6.45) is -0.892. The molecule has 0 fully saturated rings. The number of nitrogens with one attached hydrogen (secondary N) is 2. The first kappa shape index (κ1) is 19.8. The molecule has 0 aromatic carbocycles. The van der Waals surface area contributed by atoms with Crippen LogP contribution in [0.1, 0.15) is 27.2 Å². The first-order valence-corrected chi connectivity index (χ1v) is 7.23. The molecule has 122 valence electrons. The third kappa shape index (κ3) is 10.2. The first-order valence-electron chi connectivity index (χ1n) is 6.25. The SMILES string of the molecule is CCOC(=O)C(CSC(=O)CC(C)O[NH+]([O-])O)NC(C)=O. The third-order valence-corrected chi connectivity index (χ3v) is 3.10. The van der Waals surface area contributed by atoms with Crippen molar-refractivity contribution < 1.29 is 34.6 Å². The Morgan fingerprint density at radius 3 is 2.52 bits per heavy atom. The molecular weight excluding hydrogens is 304 g/mol. The Labute approximate surface area is 126 Å². The van der Waals surface area contributed by atoms with E-state index in [1.807, 2.05) is 0 Å². The van der Waals surface area contributed by atoms with Gasteiger partial charge in [0.15, 0.2) is 5.12 Å². The molecule has 0 rings (SSSR count). The van der Waals surface area contributed by atoms with E-state index in [0.29, 0.717) is 0 Å². The number of esters is 1. The molecule has 0 aromatic rings. The highest BCUT2D eigenvalue weighted by atomic mass is 32.2. The number of quaternary nitrogens is 1. The first-order chi connectivity index (χ1) is 9.76. The van der Waals surface area contributed by atoms with Gasteiger partial charge in [-0.3, -0.25) is 9.59 Å². The van der Waals surface area contributed by atoms with Gasteiger partial charge in [-0.05, 0) is 13.8 Å². The van der Waals surface area contributed by atoms with Crippen LogP contribution in [0.5, 0.6) is 0 Å². The van der Waals surface area contributed by atoms with E-state index in [1.54, 1.807) is 6.92 Å². The van der Waals surface area contributed by atoms with Crippen LogP contribution in [0.3, 0.4) is 0 Å². The number of carbonyl (C=O) groups excluding carboxylic acids is 3. The molecule has 3 unspecified atom stereocenters. The molecule has 0 spiro atoms. The van der Waals surface area contributed by atoms with Crippen LogP contribution in [0.2, 0.25) is 0 Å². The van der Waals surface area contributed by atoms with Crippen LogP contribution in [0.4, 0.5) is 0 Å². The number of hydrogen-bond donors (Lipinski definition) is 3. The maximum absolute atomic E-state index is 11.6. The fourth-order valence-corrected chi connectivity index (χ4v) is 2.27. The summed E-state index contributed by atoms with van der Waals surface area (Å²) in [5.41, 5.74) is 0. The lowest BCUT2D eigenvalue weighted by molar-refractivity contribution is -1.21. The molecule has 0 aliphatic carbocycles. The predicted molar refractivity (Wildman–Crippen MR) is 73.0 cm³/mol. The van der Waals surface area contributed by atoms with Gasteiger partial charge >= 0.3 is 5.97 Å². The van der Waals surface area contributed by atoms with Crippen LogP contribution in [-0.4, -0.2) is 46.7 Å². The zero-order valence-corrected chi connectivity index (χ0v) is 12.9. The smallest absolute Gasteiger partial charge is 0.329 e. The lowest BCUT2D eigenvalue weighted by atomic mass is 10.3. The Balaban J connectivity index is 4.30. The van der Waals surface area contributed by atoms with E-state index in [-0.39, 0.29) is 23.9 Å². The van der Waals surface area contributed by atoms with Crippen LogP contribution in [-0.2, 0) is 24.0 Å². The van der Waals surface area contributed by atoms with Crippen molar-refractivity contribution in [2.24, 2.45) is 0 Å². The molecule has 0 aromatic heterocycles. The van der Waals surface area contributed by atoms with Crippen molar-refractivity contribution in [2.75, 3.05) is 12.4 Å². The van der Waals surface area contributed by atoms with Gasteiger partial charge in [-0.15, -0.1) is 0 Å². The number of thioether (sulfide) groups is 1. The lowest BCUT2D eigenvalue weighted by Crippen LogP contribution is -3.04. The molecule has 21 heavy (non-hydrogen) atoms. The van der Waals surface area contributed by atoms with Crippen LogP contribution < -0.4 is 10.7 Å². The van der Waals surface area contributed by atoms with Gasteiger partial charge in [0.2, 0.25) is 5.91 Å². The predicted octanol–water partition coefficient (Wildman–Crippen LogP) is -1.20. The monoisotopic (exact) mass is 324 g/mol. The molecule has 1 amide bonds. The molecule has 9 nitrogen and oxygen atoms in total. The summed E-state index contributed by atoms with van der Waals surface area (Å²) >= 11 is 0.809. The zero-order valence-electron chi connectivity index (χ0n) is 12.1. The average Bonchev–Trinajstić information content (AvgIpc) is 2.32. The highest BCUT2D eigenvalue weighted by molar-refractivity contribution is 8.13. The number of amides is 1. The van der Waals surface area contributed by atoms with Crippen molar-refractivity contribution >= 4 is 28.8 Å². The number of ether oxygens (including phenoxy) is 1. The van der Waals surface area contributed by atoms with Gasteiger partial charge in [0.25, 0.3) is 0 Å². The molecule has 0 saturated heterocycles. The number of rotatable bonds is 9. The van der Waals surface area contributed by atoms with Crippen molar-refractivity contribution in [1.82, 2.24) is 5.32 Å². The number of hydrogen-bond acceptors (Lipinski definition) is 8. The lowest BCUT2D eigenvalue weighted by Gasteiger charge is -2.17. The summed E-state index contributed by atoms with van der Waals surface area (Å²) in [6.45, 7) is 4.49. The minimum atomic E-state index is -1.46. The van der Waals surface area contributed by atoms with E-state index < -0.39 is 29.4 Å². The van der Waals surface area contributed by atoms with E-state index in [1.165, 1.54) is 13.8 Å². The maximum atomic E-state index is 11.6. The van der Waals surface area contributed by atoms with Crippen molar-refractivity contribution in [3.8, 4) is 0 Å². The van der Waals surface area contributed by atoms with Crippen LogP contribution in [0.25, 0.3) is 0 Å². The summed E-state index contributed by atoms with van der Waals surface area (Å²) in [5.74, 6) is -1.02.